The average molecular weight is 522 g/mol. The minimum Gasteiger partial charge on any atom is -0.386 e. The maximum atomic E-state index is 10.7. The van der Waals surface area contributed by atoms with Crippen molar-refractivity contribution in [3.63, 3.8) is 0 Å². The van der Waals surface area contributed by atoms with Gasteiger partial charge in [0.2, 0.25) is 0 Å². The van der Waals surface area contributed by atoms with Gasteiger partial charge in [-0.1, -0.05) is 41.5 Å². The number of ether oxygens (including phenoxy) is 1. The smallest absolute Gasteiger partial charge is 0.0902 e. The molecule has 1 aromatic rings. The van der Waals surface area contributed by atoms with Gasteiger partial charge in [-0.3, -0.25) is 9.88 Å². The molecule has 5 aliphatic rings. The Labute approximate surface area is 226 Å². The van der Waals surface area contributed by atoms with Gasteiger partial charge in [0, 0.05) is 55.3 Å². The summed E-state index contributed by atoms with van der Waals surface area (Å²) in [6.45, 7) is 9.91. The van der Waals surface area contributed by atoms with Crippen LogP contribution >= 0.6 is 11.6 Å². The van der Waals surface area contributed by atoms with Crippen LogP contribution in [0.5, 0.6) is 0 Å². The molecule has 37 heavy (non-hydrogen) atoms. The second kappa shape index (κ2) is 10.4. The molecule has 0 amide bonds. The van der Waals surface area contributed by atoms with Crippen LogP contribution in [0.3, 0.4) is 0 Å². The Kier molecular flexibility index (Phi) is 7.19. The highest BCUT2D eigenvalue weighted by molar-refractivity contribution is 6.20. The monoisotopic (exact) mass is 521 g/mol. The predicted molar refractivity (Wildman–Crippen MR) is 149 cm³/mol. The first-order valence-corrected chi connectivity index (χ1v) is 14.5. The predicted octanol–water partition coefficient (Wildman–Crippen LogP) is 5.12. The van der Waals surface area contributed by atoms with Gasteiger partial charge in [0.05, 0.1) is 24.0 Å². The van der Waals surface area contributed by atoms with E-state index < -0.39 is 5.60 Å². The fourth-order valence-corrected chi connectivity index (χ4v) is 7.12. The summed E-state index contributed by atoms with van der Waals surface area (Å²) in [4.78, 5) is 9.99. The average Bonchev–Trinajstić information content (AvgIpc) is 3.48. The first-order chi connectivity index (χ1) is 17.8. The van der Waals surface area contributed by atoms with Crippen LogP contribution < -0.4 is 0 Å². The first kappa shape index (κ1) is 25.5. The second-order valence-corrected chi connectivity index (χ2v) is 12.6. The molecule has 0 spiro atoms. The van der Waals surface area contributed by atoms with Crippen LogP contribution in [0, 0.1) is 5.92 Å². The van der Waals surface area contributed by atoms with Gasteiger partial charge in [-0.25, -0.2) is 0 Å². The number of likely N-dealkylation sites (tertiary alicyclic amines) is 1. The molecule has 4 heterocycles. The van der Waals surface area contributed by atoms with Crippen molar-refractivity contribution in [2.45, 2.75) is 75.7 Å². The van der Waals surface area contributed by atoms with Crippen molar-refractivity contribution in [3.8, 4) is 0 Å². The zero-order valence-corrected chi connectivity index (χ0v) is 23.0. The molecular weight excluding hydrogens is 482 g/mol. The third-order valence-corrected chi connectivity index (χ3v) is 9.32. The van der Waals surface area contributed by atoms with Gasteiger partial charge in [0.1, 0.15) is 0 Å². The third kappa shape index (κ3) is 5.39. The molecule has 4 atom stereocenters. The van der Waals surface area contributed by atoms with Crippen molar-refractivity contribution >= 4 is 17.2 Å². The molecule has 6 heteroatoms. The van der Waals surface area contributed by atoms with Crippen LogP contribution in [0.25, 0.3) is 5.57 Å². The fourth-order valence-electron chi connectivity index (χ4n) is 6.82. The molecule has 5 nitrogen and oxygen atoms in total. The minimum atomic E-state index is -0.879. The van der Waals surface area contributed by atoms with Gasteiger partial charge >= 0.3 is 0 Å². The highest BCUT2D eigenvalue weighted by Gasteiger charge is 2.35. The Balaban J connectivity index is 1.14. The van der Waals surface area contributed by atoms with Gasteiger partial charge in [0.15, 0.2) is 0 Å². The zero-order valence-electron chi connectivity index (χ0n) is 22.2. The number of rotatable bonds is 5. The molecule has 3 unspecified atom stereocenters. The molecule has 0 aromatic carbocycles. The largest absolute Gasteiger partial charge is 0.386 e. The van der Waals surface area contributed by atoms with Crippen LogP contribution in [-0.4, -0.2) is 75.7 Å². The van der Waals surface area contributed by atoms with E-state index in [0.717, 1.165) is 56.7 Å². The standard InChI is InChI=1S/C31H40ClN3O2/c1-31(2,36)23-8-10-30-28(16-23)26(27-5-3-12-33-29(27)20-37-30)6-4-13-34-14-11-25(19-34)35-17-21-7-9-24(32)15-22(21)18-35/h3,5-6,8,10,12,16,24-25,28,30,36H,4,7,9,11,13-15,17-20H2,1-2H3/b26-6+/t24?,25-,28?,30?/m1/s1. The number of alkyl halides is 1. The van der Waals surface area contributed by atoms with Gasteiger partial charge in [-0.05, 0) is 69.7 Å². The quantitative estimate of drug-likeness (QED) is 0.431. The van der Waals surface area contributed by atoms with E-state index in [1.807, 2.05) is 32.2 Å². The summed E-state index contributed by atoms with van der Waals surface area (Å²) >= 11 is 6.45. The number of aliphatic hydroxyl groups is 1. The molecule has 0 saturated carbocycles. The summed E-state index contributed by atoms with van der Waals surface area (Å²) in [6, 6.07) is 4.86. The number of aromatic nitrogens is 1. The van der Waals surface area contributed by atoms with Crippen molar-refractivity contribution in [2.24, 2.45) is 5.92 Å². The van der Waals surface area contributed by atoms with E-state index in [9.17, 15) is 5.11 Å². The zero-order chi connectivity index (χ0) is 25.6. The number of nitrogens with zero attached hydrogens (tertiary/aromatic N) is 3. The highest BCUT2D eigenvalue weighted by Crippen LogP contribution is 2.40. The summed E-state index contributed by atoms with van der Waals surface area (Å²) in [7, 11) is 0. The Hall–Kier alpha value is -1.76. The van der Waals surface area contributed by atoms with Crippen molar-refractivity contribution in [3.05, 3.63) is 70.6 Å². The number of fused-ring (bicyclic) bond motifs is 2. The molecule has 1 saturated heterocycles. The maximum absolute atomic E-state index is 10.7. The Morgan fingerprint density at radius 1 is 1.24 bits per heavy atom. The molecule has 1 N–H and O–H groups in total. The number of hydrogen-bond donors (Lipinski definition) is 1. The summed E-state index contributed by atoms with van der Waals surface area (Å²) in [5.41, 5.74) is 6.84. The highest BCUT2D eigenvalue weighted by atomic mass is 35.5. The van der Waals surface area contributed by atoms with E-state index in [1.165, 1.54) is 30.5 Å². The van der Waals surface area contributed by atoms with Gasteiger partial charge in [0.25, 0.3) is 0 Å². The Bertz CT molecular complexity index is 1150. The Morgan fingerprint density at radius 3 is 2.97 bits per heavy atom. The van der Waals surface area contributed by atoms with Crippen LogP contribution in [0.15, 0.2) is 59.4 Å². The lowest BCUT2D eigenvalue weighted by molar-refractivity contribution is 0.0570. The lowest BCUT2D eigenvalue weighted by Gasteiger charge is -2.30. The van der Waals surface area contributed by atoms with Crippen LogP contribution in [-0.2, 0) is 11.3 Å². The van der Waals surface area contributed by atoms with E-state index >= 15 is 0 Å². The van der Waals surface area contributed by atoms with Crippen molar-refractivity contribution in [1.29, 1.82) is 0 Å². The summed E-state index contributed by atoms with van der Waals surface area (Å²) < 4.78 is 6.28. The summed E-state index contributed by atoms with van der Waals surface area (Å²) in [6.07, 6.45) is 16.3. The molecule has 1 fully saturated rings. The van der Waals surface area contributed by atoms with E-state index in [-0.39, 0.29) is 12.0 Å². The van der Waals surface area contributed by atoms with Crippen molar-refractivity contribution in [1.82, 2.24) is 14.8 Å². The molecular formula is C31H40ClN3O2. The normalized spacial score (nSPS) is 31.8. The first-order valence-electron chi connectivity index (χ1n) is 14.0. The third-order valence-electron chi connectivity index (χ3n) is 8.95. The summed E-state index contributed by atoms with van der Waals surface area (Å²) in [5, 5.41) is 11.0. The van der Waals surface area contributed by atoms with Crippen molar-refractivity contribution in [2.75, 3.05) is 32.7 Å². The Morgan fingerprint density at radius 2 is 2.11 bits per heavy atom. The van der Waals surface area contributed by atoms with Gasteiger partial charge in [-0.2, -0.15) is 0 Å². The molecule has 0 radical (unpaired) electrons. The molecule has 2 aliphatic carbocycles. The van der Waals surface area contributed by atoms with Gasteiger partial charge in [-0.15, -0.1) is 11.6 Å². The lowest BCUT2D eigenvalue weighted by atomic mass is 9.80. The second-order valence-electron chi connectivity index (χ2n) is 12.0. The van der Waals surface area contributed by atoms with Gasteiger partial charge < -0.3 is 14.7 Å². The summed E-state index contributed by atoms with van der Waals surface area (Å²) in [5.74, 6) is 0.0796. The molecule has 198 valence electrons. The van der Waals surface area contributed by atoms with Crippen LogP contribution in [0.2, 0.25) is 0 Å². The lowest BCUT2D eigenvalue weighted by Crippen LogP contribution is -2.36. The topological polar surface area (TPSA) is 48.8 Å². The van der Waals surface area contributed by atoms with E-state index in [2.05, 4.69) is 39.1 Å². The SMILES string of the molecule is CC(C)(O)C1=CC2/C(=C/CCN3CC[C@@H](N4CC5=C(CC(Cl)CC5)C4)C3)c3cccnc3COC2C=C1. The molecule has 6 rings (SSSR count). The molecule has 3 aliphatic heterocycles. The molecule has 1 aromatic heterocycles. The fraction of sp³-hybridized carbons (Fsp3) is 0.581. The number of hydrogen-bond acceptors (Lipinski definition) is 5. The number of halogens is 1. The van der Waals surface area contributed by atoms with E-state index in [1.54, 1.807) is 11.1 Å². The minimum absolute atomic E-state index is 0.0380. The molecule has 0 bridgehead atoms. The van der Waals surface area contributed by atoms with Crippen molar-refractivity contribution < 1.29 is 9.84 Å². The maximum Gasteiger partial charge on any atom is 0.0902 e. The van der Waals surface area contributed by atoms with Crippen LogP contribution in [0.1, 0.15) is 57.2 Å². The van der Waals surface area contributed by atoms with E-state index in [4.69, 9.17) is 16.3 Å². The number of pyridine rings is 1. The van der Waals surface area contributed by atoms with Crippen LogP contribution in [0.4, 0.5) is 0 Å². The van der Waals surface area contributed by atoms with E-state index in [0.29, 0.717) is 18.0 Å².